The molecular weight excluding hydrogens is 230 g/mol. The fourth-order valence-corrected chi connectivity index (χ4v) is 2.40. The first-order valence-electron chi connectivity index (χ1n) is 4.57. The van der Waals surface area contributed by atoms with Gasteiger partial charge in [0.1, 0.15) is 6.26 Å². The molecule has 2 heterocycles. The van der Waals surface area contributed by atoms with Crippen LogP contribution in [-0.2, 0) is 5.75 Å². The normalized spacial score (nSPS) is 10.7. The molecule has 2 aromatic rings. The van der Waals surface area contributed by atoms with Gasteiger partial charge in [0.05, 0.1) is 17.2 Å². The molecule has 80 valence electrons. The third-order valence-corrected chi connectivity index (χ3v) is 3.60. The second kappa shape index (κ2) is 5.34. The van der Waals surface area contributed by atoms with Crippen molar-refractivity contribution < 1.29 is 9.52 Å². The number of aromatic nitrogens is 1. The van der Waals surface area contributed by atoms with Gasteiger partial charge in [0.25, 0.3) is 0 Å². The summed E-state index contributed by atoms with van der Waals surface area (Å²) < 4.78 is 5.36. The van der Waals surface area contributed by atoms with Crippen LogP contribution in [-0.4, -0.2) is 22.5 Å². The summed E-state index contributed by atoms with van der Waals surface area (Å²) in [5, 5.41) is 10.6. The smallest absolute Gasteiger partial charge is 0.236 e. The van der Waals surface area contributed by atoms with Gasteiger partial charge in [0.2, 0.25) is 5.89 Å². The molecule has 0 bridgehead atoms. The number of aliphatic hydroxyl groups is 1. The summed E-state index contributed by atoms with van der Waals surface area (Å²) in [4.78, 5) is 5.42. The van der Waals surface area contributed by atoms with Crippen LogP contribution in [0.1, 0.15) is 5.69 Å². The number of nitrogens with zero attached hydrogens (tertiary/aromatic N) is 1. The summed E-state index contributed by atoms with van der Waals surface area (Å²) in [7, 11) is 0. The van der Waals surface area contributed by atoms with E-state index in [1.54, 1.807) is 29.4 Å². The Balaban J connectivity index is 1.98. The molecule has 15 heavy (non-hydrogen) atoms. The molecule has 0 spiro atoms. The van der Waals surface area contributed by atoms with Crippen LogP contribution in [0.3, 0.4) is 0 Å². The van der Waals surface area contributed by atoms with E-state index < -0.39 is 0 Å². The van der Waals surface area contributed by atoms with Crippen LogP contribution >= 0.6 is 23.1 Å². The van der Waals surface area contributed by atoms with Crippen molar-refractivity contribution in [3.63, 3.8) is 0 Å². The molecule has 2 rings (SSSR count). The summed E-state index contributed by atoms with van der Waals surface area (Å²) in [5.41, 5.74) is 0.928. The van der Waals surface area contributed by atoms with Gasteiger partial charge in [-0.3, -0.25) is 0 Å². The van der Waals surface area contributed by atoms with Crippen molar-refractivity contribution in [1.82, 2.24) is 4.98 Å². The van der Waals surface area contributed by atoms with Crippen LogP contribution < -0.4 is 0 Å². The molecule has 0 aliphatic heterocycles. The van der Waals surface area contributed by atoms with E-state index in [0.29, 0.717) is 5.89 Å². The van der Waals surface area contributed by atoms with Crippen molar-refractivity contribution in [3.8, 4) is 10.8 Å². The summed E-state index contributed by atoms with van der Waals surface area (Å²) in [5.74, 6) is 2.21. The quantitative estimate of drug-likeness (QED) is 0.817. The van der Waals surface area contributed by atoms with Gasteiger partial charge >= 0.3 is 0 Å². The van der Waals surface area contributed by atoms with Crippen LogP contribution in [0.25, 0.3) is 10.8 Å². The van der Waals surface area contributed by atoms with E-state index >= 15 is 0 Å². The van der Waals surface area contributed by atoms with E-state index in [1.807, 2.05) is 17.5 Å². The molecule has 0 aliphatic rings. The lowest BCUT2D eigenvalue weighted by atomic mass is 10.5. The molecular formula is C10H11NO2S2. The highest BCUT2D eigenvalue weighted by Crippen LogP contribution is 2.24. The van der Waals surface area contributed by atoms with Crippen molar-refractivity contribution in [2.24, 2.45) is 0 Å². The predicted molar refractivity (Wildman–Crippen MR) is 63.1 cm³/mol. The highest BCUT2D eigenvalue weighted by atomic mass is 32.2. The monoisotopic (exact) mass is 241 g/mol. The van der Waals surface area contributed by atoms with Crippen LogP contribution in [0, 0.1) is 0 Å². The number of thioether (sulfide) groups is 1. The zero-order valence-corrected chi connectivity index (χ0v) is 9.68. The van der Waals surface area contributed by atoms with Gasteiger partial charge in [-0.25, -0.2) is 4.98 Å². The number of rotatable bonds is 5. The Kier molecular flexibility index (Phi) is 3.82. The third-order valence-electron chi connectivity index (χ3n) is 1.77. The van der Waals surface area contributed by atoms with Crippen LogP contribution in [0.4, 0.5) is 0 Å². The van der Waals surface area contributed by atoms with E-state index in [2.05, 4.69) is 4.98 Å². The molecule has 0 aromatic carbocycles. The van der Waals surface area contributed by atoms with E-state index in [4.69, 9.17) is 9.52 Å². The molecule has 1 N–H and O–H groups in total. The van der Waals surface area contributed by atoms with Crippen molar-refractivity contribution in [1.29, 1.82) is 0 Å². The standard InChI is InChI=1S/C10H11NO2S2/c12-3-5-14-7-8-6-13-10(11-8)9-2-1-4-15-9/h1-2,4,6,12H,3,5,7H2. The van der Waals surface area contributed by atoms with Crippen LogP contribution in [0.15, 0.2) is 28.2 Å². The Morgan fingerprint density at radius 3 is 3.20 bits per heavy atom. The fourth-order valence-electron chi connectivity index (χ4n) is 1.13. The Morgan fingerprint density at radius 1 is 1.53 bits per heavy atom. The lowest BCUT2D eigenvalue weighted by molar-refractivity contribution is 0.322. The molecule has 0 radical (unpaired) electrons. The number of hydrogen-bond acceptors (Lipinski definition) is 5. The highest BCUT2D eigenvalue weighted by Gasteiger charge is 2.06. The zero-order valence-electron chi connectivity index (χ0n) is 8.05. The number of oxazole rings is 1. The molecule has 0 aliphatic carbocycles. The lowest BCUT2D eigenvalue weighted by Gasteiger charge is -1.92. The summed E-state index contributed by atoms with van der Waals surface area (Å²) in [6.45, 7) is 0.209. The van der Waals surface area contributed by atoms with Gasteiger partial charge in [0, 0.05) is 11.5 Å². The molecule has 0 amide bonds. The Morgan fingerprint density at radius 2 is 2.47 bits per heavy atom. The first-order chi connectivity index (χ1) is 7.40. The van der Waals surface area contributed by atoms with Crippen molar-refractivity contribution in [2.75, 3.05) is 12.4 Å². The Labute approximate surface area is 96.2 Å². The maximum absolute atomic E-state index is 8.64. The van der Waals surface area contributed by atoms with Crippen molar-refractivity contribution in [2.45, 2.75) is 5.75 Å². The summed E-state index contributed by atoms with van der Waals surface area (Å²) in [6, 6.07) is 3.96. The topological polar surface area (TPSA) is 46.3 Å². The fraction of sp³-hybridized carbons (Fsp3) is 0.300. The SMILES string of the molecule is OCCSCc1coc(-c2cccs2)n1. The molecule has 0 saturated heterocycles. The van der Waals surface area contributed by atoms with Gasteiger partial charge in [-0.2, -0.15) is 11.8 Å². The second-order valence-corrected chi connectivity index (χ2v) is 4.95. The maximum atomic E-state index is 8.64. The first-order valence-corrected chi connectivity index (χ1v) is 6.60. The maximum Gasteiger partial charge on any atom is 0.236 e. The van der Waals surface area contributed by atoms with E-state index in [-0.39, 0.29) is 6.61 Å². The van der Waals surface area contributed by atoms with Crippen molar-refractivity contribution >= 4 is 23.1 Å². The van der Waals surface area contributed by atoms with Gasteiger partial charge in [0.15, 0.2) is 0 Å². The minimum absolute atomic E-state index is 0.209. The molecule has 2 aromatic heterocycles. The molecule has 3 nitrogen and oxygen atoms in total. The van der Waals surface area contributed by atoms with Gasteiger partial charge in [-0.05, 0) is 11.4 Å². The van der Waals surface area contributed by atoms with E-state index in [0.717, 1.165) is 22.1 Å². The van der Waals surface area contributed by atoms with Gasteiger partial charge in [-0.1, -0.05) is 6.07 Å². The Bertz CT molecular complexity index is 397. The van der Waals surface area contributed by atoms with Gasteiger partial charge < -0.3 is 9.52 Å². The van der Waals surface area contributed by atoms with E-state index in [1.165, 1.54) is 0 Å². The first kappa shape index (κ1) is 10.7. The molecule has 0 fully saturated rings. The Hall–Kier alpha value is -0.780. The average molecular weight is 241 g/mol. The highest BCUT2D eigenvalue weighted by molar-refractivity contribution is 7.98. The molecule has 0 saturated carbocycles. The molecule has 0 unspecified atom stereocenters. The summed E-state index contributed by atoms with van der Waals surface area (Å²) in [6.07, 6.45) is 1.68. The van der Waals surface area contributed by atoms with E-state index in [9.17, 15) is 0 Å². The molecule has 5 heteroatoms. The zero-order chi connectivity index (χ0) is 10.5. The lowest BCUT2D eigenvalue weighted by Crippen LogP contribution is -1.87. The predicted octanol–water partition coefficient (Wildman–Crippen LogP) is 2.63. The van der Waals surface area contributed by atoms with Crippen LogP contribution in [0.2, 0.25) is 0 Å². The summed E-state index contributed by atoms with van der Waals surface area (Å²) >= 11 is 3.26. The molecule has 0 atom stereocenters. The third kappa shape index (κ3) is 2.84. The average Bonchev–Trinajstić information content (AvgIpc) is 2.87. The van der Waals surface area contributed by atoms with Crippen LogP contribution in [0.5, 0.6) is 0 Å². The second-order valence-electron chi connectivity index (χ2n) is 2.90. The minimum atomic E-state index is 0.209. The van der Waals surface area contributed by atoms with Crippen molar-refractivity contribution in [3.05, 3.63) is 29.5 Å². The number of aliphatic hydroxyl groups excluding tert-OH is 1. The number of hydrogen-bond donors (Lipinski definition) is 1. The largest absolute Gasteiger partial charge is 0.444 e. The minimum Gasteiger partial charge on any atom is -0.444 e. The number of thiophene rings is 1. The van der Waals surface area contributed by atoms with Gasteiger partial charge in [-0.15, -0.1) is 11.3 Å².